The van der Waals surface area contributed by atoms with Gasteiger partial charge in [0.05, 0.1) is 13.2 Å². The van der Waals surface area contributed by atoms with Crippen molar-refractivity contribution in [3.63, 3.8) is 0 Å². The van der Waals surface area contributed by atoms with Gasteiger partial charge in [-0.3, -0.25) is 0 Å². The van der Waals surface area contributed by atoms with Crippen LogP contribution in [0.25, 0.3) is 0 Å². The van der Waals surface area contributed by atoms with Crippen LogP contribution in [0.5, 0.6) is 0 Å². The molecule has 1 heterocycles. The van der Waals surface area contributed by atoms with E-state index in [9.17, 15) is 0 Å². The van der Waals surface area contributed by atoms with Crippen LogP contribution in [0.1, 0.15) is 32.1 Å². The molecule has 1 aliphatic carbocycles. The van der Waals surface area contributed by atoms with Crippen LogP contribution in [0.2, 0.25) is 0 Å². The first-order valence-electron chi connectivity index (χ1n) is 6.58. The topological polar surface area (TPSA) is 72.2 Å². The maximum atomic E-state index is 5.54. The highest BCUT2D eigenvalue weighted by Crippen LogP contribution is 2.27. The Morgan fingerprint density at radius 2 is 2.28 bits per heavy atom. The van der Waals surface area contributed by atoms with Crippen LogP contribution < -0.4 is 10.6 Å². The lowest BCUT2D eigenvalue weighted by Crippen LogP contribution is -2.21. The Bertz CT molecular complexity index is 356. The van der Waals surface area contributed by atoms with Gasteiger partial charge in [-0.1, -0.05) is 18.4 Å². The minimum Gasteiger partial charge on any atom is -0.407 e. The lowest BCUT2D eigenvalue weighted by molar-refractivity contribution is 0.198. The highest BCUT2D eigenvalue weighted by Gasteiger charge is 2.24. The summed E-state index contributed by atoms with van der Waals surface area (Å²) in [4.78, 5) is 0. The fraction of sp³-hybridized carbons (Fsp3) is 0.833. The van der Waals surface area contributed by atoms with E-state index in [2.05, 4.69) is 27.8 Å². The number of nitrogens with one attached hydrogen (secondary N) is 2. The van der Waals surface area contributed by atoms with Crippen molar-refractivity contribution in [1.29, 1.82) is 0 Å². The van der Waals surface area contributed by atoms with Gasteiger partial charge in [-0.25, -0.2) is 0 Å². The zero-order chi connectivity index (χ0) is 12.8. The molecule has 6 heteroatoms. The second-order valence-electron chi connectivity index (χ2n) is 4.83. The molecule has 18 heavy (non-hydrogen) atoms. The van der Waals surface area contributed by atoms with Gasteiger partial charge in [-0.2, -0.15) is 0 Å². The zero-order valence-electron chi connectivity index (χ0n) is 11.1. The van der Waals surface area contributed by atoms with E-state index in [4.69, 9.17) is 9.15 Å². The molecule has 1 aliphatic rings. The SMILES string of the molecule is COCCNCc1nnc(NC2CCCC2C)o1. The van der Waals surface area contributed by atoms with Crippen molar-refractivity contribution >= 4 is 6.01 Å². The largest absolute Gasteiger partial charge is 0.407 e. The maximum absolute atomic E-state index is 5.54. The van der Waals surface area contributed by atoms with Crippen molar-refractivity contribution in [2.45, 2.75) is 38.8 Å². The van der Waals surface area contributed by atoms with Gasteiger partial charge >= 0.3 is 6.01 Å². The number of aromatic nitrogens is 2. The molecule has 0 radical (unpaired) electrons. The number of methoxy groups -OCH3 is 1. The second kappa shape index (κ2) is 6.70. The van der Waals surface area contributed by atoms with Crippen molar-refractivity contribution in [3.05, 3.63) is 5.89 Å². The van der Waals surface area contributed by atoms with E-state index in [1.54, 1.807) is 7.11 Å². The zero-order valence-corrected chi connectivity index (χ0v) is 11.1. The van der Waals surface area contributed by atoms with E-state index in [1.165, 1.54) is 19.3 Å². The summed E-state index contributed by atoms with van der Waals surface area (Å²) in [6.07, 6.45) is 3.74. The number of ether oxygens (including phenoxy) is 1. The molecule has 2 N–H and O–H groups in total. The third kappa shape index (κ3) is 3.68. The van der Waals surface area contributed by atoms with Crippen molar-refractivity contribution in [1.82, 2.24) is 15.5 Å². The summed E-state index contributed by atoms with van der Waals surface area (Å²) in [6, 6.07) is 1.01. The smallest absolute Gasteiger partial charge is 0.315 e. The summed E-state index contributed by atoms with van der Waals surface area (Å²) in [5, 5.41) is 14.5. The molecule has 0 aliphatic heterocycles. The predicted octanol–water partition coefficient (Wildman–Crippen LogP) is 1.41. The first-order valence-corrected chi connectivity index (χ1v) is 6.58. The van der Waals surface area contributed by atoms with E-state index in [0.29, 0.717) is 37.0 Å². The monoisotopic (exact) mass is 254 g/mol. The minimum atomic E-state index is 0.472. The van der Waals surface area contributed by atoms with Gasteiger partial charge in [0, 0.05) is 19.7 Å². The molecular weight excluding hydrogens is 232 g/mol. The van der Waals surface area contributed by atoms with Crippen LogP contribution in [-0.2, 0) is 11.3 Å². The first kappa shape index (κ1) is 13.3. The van der Waals surface area contributed by atoms with Gasteiger partial charge < -0.3 is 19.8 Å². The Morgan fingerprint density at radius 3 is 3.00 bits per heavy atom. The maximum Gasteiger partial charge on any atom is 0.315 e. The Morgan fingerprint density at radius 1 is 1.39 bits per heavy atom. The third-order valence-electron chi connectivity index (χ3n) is 3.40. The van der Waals surface area contributed by atoms with E-state index < -0.39 is 0 Å². The van der Waals surface area contributed by atoms with E-state index in [1.807, 2.05) is 0 Å². The van der Waals surface area contributed by atoms with Crippen molar-refractivity contribution in [2.75, 3.05) is 25.6 Å². The molecule has 102 valence electrons. The van der Waals surface area contributed by atoms with E-state index in [-0.39, 0.29) is 0 Å². The Balaban J connectivity index is 1.75. The fourth-order valence-corrected chi connectivity index (χ4v) is 2.27. The Hall–Kier alpha value is -1.14. The van der Waals surface area contributed by atoms with Crippen LogP contribution >= 0.6 is 0 Å². The lowest BCUT2D eigenvalue weighted by atomic mass is 10.1. The van der Waals surface area contributed by atoms with Gasteiger partial charge in [-0.05, 0) is 18.8 Å². The molecule has 1 aromatic rings. The van der Waals surface area contributed by atoms with Gasteiger partial charge in [0.15, 0.2) is 0 Å². The van der Waals surface area contributed by atoms with Crippen molar-refractivity contribution in [2.24, 2.45) is 5.92 Å². The molecule has 2 atom stereocenters. The van der Waals surface area contributed by atoms with Crippen LogP contribution in [0, 0.1) is 5.92 Å². The third-order valence-corrected chi connectivity index (χ3v) is 3.40. The minimum absolute atomic E-state index is 0.472. The molecule has 0 bridgehead atoms. The van der Waals surface area contributed by atoms with E-state index in [0.717, 1.165) is 6.54 Å². The van der Waals surface area contributed by atoms with Crippen molar-refractivity contribution in [3.8, 4) is 0 Å². The van der Waals surface area contributed by atoms with Crippen molar-refractivity contribution < 1.29 is 9.15 Å². The van der Waals surface area contributed by atoms with Crippen LogP contribution in [0.3, 0.4) is 0 Å². The Labute approximate surface area is 107 Å². The van der Waals surface area contributed by atoms with Crippen LogP contribution in [0.15, 0.2) is 4.42 Å². The number of hydrogen-bond donors (Lipinski definition) is 2. The molecule has 0 saturated heterocycles. The molecular formula is C12H22N4O2. The molecule has 0 amide bonds. The molecule has 2 unspecified atom stereocenters. The molecule has 2 rings (SSSR count). The van der Waals surface area contributed by atoms with Crippen LogP contribution in [0.4, 0.5) is 6.01 Å². The second-order valence-corrected chi connectivity index (χ2v) is 4.83. The fourth-order valence-electron chi connectivity index (χ4n) is 2.27. The summed E-state index contributed by atoms with van der Waals surface area (Å²) in [5.74, 6) is 1.29. The normalized spacial score (nSPS) is 23.4. The quantitative estimate of drug-likeness (QED) is 0.717. The summed E-state index contributed by atoms with van der Waals surface area (Å²) in [7, 11) is 1.68. The molecule has 0 aromatic carbocycles. The summed E-state index contributed by atoms with van der Waals surface area (Å²) >= 11 is 0. The first-order chi connectivity index (χ1) is 8.79. The highest BCUT2D eigenvalue weighted by molar-refractivity contribution is 5.20. The molecule has 1 aromatic heterocycles. The predicted molar refractivity (Wildman–Crippen MR) is 68.3 cm³/mol. The summed E-state index contributed by atoms with van der Waals surface area (Å²) < 4.78 is 10.5. The van der Waals surface area contributed by atoms with Gasteiger partial charge in [0.2, 0.25) is 5.89 Å². The number of anilines is 1. The van der Waals surface area contributed by atoms with Crippen LogP contribution in [-0.4, -0.2) is 36.5 Å². The summed E-state index contributed by atoms with van der Waals surface area (Å²) in [6.45, 7) is 4.30. The number of hydrogen-bond acceptors (Lipinski definition) is 6. The molecule has 0 spiro atoms. The van der Waals surface area contributed by atoms with E-state index >= 15 is 0 Å². The molecule has 6 nitrogen and oxygen atoms in total. The van der Waals surface area contributed by atoms with Gasteiger partial charge in [0.25, 0.3) is 0 Å². The van der Waals surface area contributed by atoms with Gasteiger partial charge in [-0.15, -0.1) is 5.10 Å². The molecule has 1 fully saturated rings. The number of rotatable bonds is 7. The average Bonchev–Trinajstić information content (AvgIpc) is 2.96. The lowest BCUT2D eigenvalue weighted by Gasteiger charge is -2.14. The average molecular weight is 254 g/mol. The number of nitrogens with zero attached hydrogens (tertiary/aromatic N) is 2. The Kier molecular flexibility index (Phi) is 4.95. The summed E-state index contributed by atoms with van der Waals surface area (Å²) in [5.41, 5.74) is 0. The molecule has 1 saturated carbocycles. The standard InChI is InChI=1S/C12H22N4O2/c1-9-4-3-5-10(9)14-12-16-15-11(18-12)8-13-6-7-17-2/h9-10,13H,3-8H2,1-2H3,(H,14,16). The van der Waals surface area contributed by atoms with Gasteiger partial charge in [0.1, 0.15) is 0 Å². The highest BCUT2D eigenvalue weighted by atomic mass is 16.5.